The van der Waals surface area contributed by atoms with Crippen LogP contribution in [0.4, 0.5) is 0 Å². The molecule has 0 radical (unpaired) electrons. The number of hydrogen-bond acceptors (Lipinski definition) is 6. The molecule has 0 aliphatic carbocycles. The van der Waals surface area contributed by atoms with Gasteiger partial charge in [0.05, 0.1) is 0 Å². The molecule has 0 saturated heterocycles. The van der Waals surface area contributed by atoms with Crippen LogP contribution in [0.25, 0.3) is 0 Å². The van der Waals surface area contributed by atoms with Crippen LogP contribution in [-0.4, -0.2) is 93.9 Å². The molecule has 0 unspecified atom stereocenters. The molecule has 0 aromatic rings. The SMILES string of the molecule is CCCC(=O)OP(C)(C)(C)C.CCCC(=O)OP(CC)(CC)(CC)CC.CCCP(CCC)(CCC)(CCC)OC(=O)CC. The van der Waals surface area contributed by atoms with Crippen molar-refractivity contribution in [3.05, 3.63) is 0 Å². The second-order valence-electron chi connectivity index (χ2n) is 14.5. The Bertz CT molecular complexity index is 762. The van der Waals surface area contributed by atoms with Crippen LogP contribution in [-0.2, 0) is 28.0 Å². The molecule has 0 aliphatic heterocycles. The number of hydrogen-bond donors (Lipinski definition) is 0. The molecule has 0 spiro atoms. The van der Waals surface area contributed by atoms with Gasteiger partial charge in [0.15, 0.2) is 0 Å². The van der Waals surface area contributed by atoms with Gasteiger partial charge >= 0.3 is 276 Å². The predicted octanol–water partition coefficient (Wildman–Crippen LogP) is 11.2. The van der Waals surface area contributed by atoms with E-state index < -0.39 is 20.5 Å². The normalized spacial score (nSPS) is 14.4. The summed E-state index contributed by atoms with van der Waals surface area (Å²) in [4.78, 5) is 34.7. The summed E-state index contributed by atoms with van der Waals surface area (Å²) in [6.45, 7) is 25.1. The van der Waals surface area contributed by atoms with Gasteiger partial charge in [-0.25, -0.2) is 0 Å². The molecule has 0 saturated carbocycles. The molecule has 44 heavy (non-hydrogen) atoms. The molecule has 0 aliphatic rings. The van der Waals surface area contributed by atoms with Gasteiger partial charge in [0.2, 0.25) is 0 Å². The average Bonchev–Trinajstić information content (AvgIpc) is 2.92. The van der Waals surface area contributed by atoms with Gasteiger partial charge < -0.3 is 0 Å². The van der Waals surface area contributed by atoms with Gasteiger partial charge in [-0.05, 0) is 0 Å². The third-order valence-electron chi connectivity index (χ3n) is 8.74. The first-order valence-electron chi connectivity index (χ1n) is 17.9. The van der Waals surface area contributed by atoms with Crippen LogP contribution in [0, 0.1) is 0 Å². The van der Waals surface area contributed by atoms with Crippen molar-refractivity contribution in [2.75, 3.05) is 76.0 Å². The van der Waals surface area contributed by atoms with Gasteiger partial charge in [-0.1, -0.05) is 0 Å². The van der Waals surface area contributed by atoms with E-state index in [4.69, 9.17) is 13.6 Å². The molecular weight excluding hydrogens is 609 g/mol. The molecule has 9 heteroatoms. The zero-order chi connectivity index (χ0) is 35.2. The molecule has 0 heterocycles. The minimum atomic E-state index is -2.26. The molecular formula is C35H79O6P3. The Balaban J connectivity index is -0.000000590. The predicted molar refractivity (Wildman–Crippen MR) is 206 cm³/mol. The monoisotopic (exact) mass is 689 g/mol. The summed E-state index contributed by atoms with van der Waals surface area (Å²) in [6.07, 6.45) is 16.6. The molecule has 0 amide bonds. The van der Waals surface area contributed by atoms with Gasteiger partial charge in [-0.2, -0.15) is 0 Å². The Morgan fingerprint density at radius 1 is 0.409 bits per heavy atom. The van der Waals surface area contributed by atoms with Gasteiger partial charge in [-0.15, -0.1) is 0 Å². The fourth-order valence-corrected chi connectivity index (χ4v) is 18.0. The van der Waals surface area contributed by atoms with Crippen molar-refractivity contribution in [1.82, 2.24) is 0 Å². The van der Waals surface area contributed by atoms with E-state index in [1.807, 2.05) is 47.4 Å². The van der Waals surface area contributed by atoms with Crippen LogP contribution in [0.2, 0.25) is 0 Å². The van der Waals surface area contributed by atoms with Crippen molar-refractivity contribution in [3.63, 3.8) is 0 Å². The first kappa shape index (κ1) is 48.1. The van der Waals surface area contributed by atoms with Crippen molar-refractivity contribution >= 4 is 38.4 Å². The first-order chi connectivity index (χ1) is 20.2. The molecule has 0 aromatic carbocycles. The summed E-state index contributed by atoms with van der Waals surface area (Å²) in [6, 6.07) is 0. The van der Waals surface area contributed by atoms with Crippen LogP contribution >= 0.6 is 20.5 Å². The summed E-state index contributed by atoms with van der Waals surface area (Å²) in [5, 5.41) is 0. The van der Waals surface area contributed by atoms with Crippen LogP contribution in [0.15, 0.2) is 0 Å². The fourth-order valence-electron chi connectivity index (χ4n) is 6.26. The van der Waals surface area contributed by atoms with E-state index in [2.05, 4.69) is 55.4 Å². The van der Waals surface area contributed by atoms with E-state index in [1.54, 1.807) is 0 Å². The first-order valence-corrected chi connectivity index (χ1v) is 27.7. The zero-order valence-corrected chi connectivity index (χ0v) is 35.0. The average molecular weight is 689 g/mol. The molecule has 270 valence electrons. The van der Waals surface area contributed by atoms with Gasteiger partial charge in [0.1, 0.15) is 0 Å². The number of rotatable bonds is 20. The van der Waals surface area contributed by atoms with Gasteiger partial charge in [-0.3, -0.25) is 0 Å². The second-order valence-corrected chi connectivity index (χ2v) is 33.7. The van der Waals surface area contributed by atoms with Gasteiger partial charge in [0, 0.05) is 0 Å². The molecule has 0 bridgehead atoms. The van der Waals surface area contributed by atoms with Gasteiger partial charge in [0.25, 0.3) is 0 Å². The molecule has 0 rings (SSSR count). The van der Waals surface area contributed by atoms with Crippen molar-refractivity contribution in [2.24, 2.45) is 0 Å². The Hall–Kier alpha value is -0.300. The second kappa shape index (κ2) is 21.5. The van der Waals surface area contributed by atoms with E-state index in [0.29, 0.717) is 19.3 Å². The van der Waals surface area contributed by atoms with Crippen LogP contribution in [0.5, 0.6) is 0 Å². The summed E-state index contributed by atoms with van der Waals surface area (Å²) in [7, 11) is 0. The maximum absolute atomic E-state index is 11.9. The summed E-state index contributed by atoms with van der Waals surface area (Å²) >= 11 is 0. The molecule has 0 atom stereocenters. The molecule has 0 aromatic heterocycles. The topological polar surface area (TPSA) is 78.9 Å². The van der Waals surface area contributed by atoms with E-state index in [-0.39, 0.29) is 17.9 Å². The molecule has 0 fully saturated rings. The third kappa shape index (κ3) is 18.1. The Kier molecular flexibility index (Phi) is 23.6. The third-order valence-corrected chi connectivity index (χ3v) is 23.8. The summed E-state index contributed by atoms with van der Waals surface area (Å²) < 4.78 is 17.5. The van der Waals surface area contributed by atoms with Crippen molar-refractivity contribution in [1.29, 1.82) is 0 Å². The van der Waals surface area contributed by atoms with E-state index >= 15 is 0 Å². The molecule has 6 nitrogen and oxygen atoms in total. The standard InChI is InChI=1S/C15H33O2P.C12H27O2P.C8H19O2P/c1-6-11-18(12-7-2,13-8-3,14-9-4)17-15(16)10-5;1-6-11-12(13)14-15(7-2,8-3,9-4)10-5;1-6-7-8(9)10-11(2,3,4)5/h6-14H2,1-5H3;6-11H2,1-5H3;6-7H2,1-5H3. The Labute approximate surface area is 275 Å². The van der Waals surface area contributed by atoms with E-state index in [1.165, 1.54) is 0 Å². The number of carbonyl (C=O) groups excluding carboxylic acids is 3. The van der Waals surface area contributed by atoms with Crippen LogP contribution in [0.1, 0.15) is 134 Å². The maximum atomic E-state index is 11.9. The summed E-state index contributed by atoms with van der Waals surface area (Å²) in [5.74, 6) is -0.0146. The van der Waals surface area contributed by atoms with Crippen molar-refractivity contribution in [3.8, 4) is 0 Å². The number of carbonyl (C=O) groups is 3. The fraction of sp³-hybridized carbons (Fsp3) is 0.914. The van der Waals surface area contributed by atoms with Crippen molar-refractivity contribution < 1.29 is 28.0 Å². The quantitative estimate of drug-likeness (QED) is 0.118. The summed E-state index contributed by atoms with van der Waals surface area (Å²) in [5.41, 5.74) is 0. The Morgan fingerprint density at radius 3 is 0.932 bits per heavy atom. The van der Waals surface area contributed by atoms with Crippen molar-refractivity contribution in [2.45, 2.75) is 134 Å². The van der Waals surface area contributed by atoms with E-state index in [0.717, 1.165) is 87.8 Å². The van der Waals surface area contributed by atoms with Crippen LogP contribution < -0.4 is 0 Å². The zero-order valence-electron chi connectivity index (χ0n) is 32.3. The minimum absolute atomic E-state index is 0.0163. The molecule has 0 N–H and O–H groups in total. The Morgan fingerprint density at radius 2 is 0.705 bits per heavy atom. The van der Waals surface area contributed by atoms with Crippen LogP contribution in [0.3, 0.4) is 0 Å². The van der Waals surface area contributed by atoms with E-state index in [9.17, 15) is 14.4 Å².